The van der Waals surface area contributed by atoms with E-state index in [0.29, 0.717) is 36.1 Å². The fourth-order valence-electron chi connectivity index (χ4n) is 5.80. The molecule has 1 aliphatic heterocycles. The third-order valence-corrected chi connectivity index (χ3v) is 10.3. The smallest absolute Gasteiger partial charge is 0.462 e. The van der Waals surface area contributed by atoms with Crippen molar-refractivity contribution in [2.24, 2.45) is 0 Å². The molecule has 0 saturated carbocycles. The Balaban J connectivity index is 2.31. The second kappa shape index (κ2) is 33.0. The maximum atomic E-state index is 12.7. The van der Waals surface area contributed by atoms with Crippen LogP contribution in [0.1, 0.15) is 155 Å². The number of carbonyl (C=O) groups excluding carboxylic acids is 2. The Morgan fingerprint density at radius 3 is 1.91 bits per heavy atom. The molecule has 0 aromatic carbocycles. The van der Waals surface area contributed by atoms with Gasteiger partial charge in [0.15, 0.2) is 6.10 Å². The summed E-state index contributed by atoms with van der Waals surface area (Å²) in [4.78, 5) is 35.3. The van der Waals surface area contributed by atoms with E-state index in [9.17, 15) is 19.0 Å². The Morgan fingerprint density at radius 1 is 0.691 bits per heavy atom. The quantitative estimate of drug-likeness (QED) is 0.0163. The van der Waals surface area contributed by atoms with Crippen LogP contribution in [0.4, 0.5) is 0 Å². The van der Waals surface area contributed by atoms with Gasteiger partial charge in [-0.1, -0.05) is 120 Å². The van der Waals surface area contributed by atoms with Gasteiger partial charge in [-0.2, -0.15) is 0 Å². The molecule has 1 fully saturated rings. The third kappa shape index (κ3) is 33.8. The first kappa shape index (κ1) is 50.9. The van der Waals surface area contributed by atoms with Crippen molar-refractivity contribution < 1.29 is 46.8 Å². The summed E-state index contributed by atoms with van der Waals surface area (Å²) in [7, 11) is 1.44. The third-order valence-electron chi connectivity index (χ3n) is 9.27. The maximum Gasteiger partial charge on any atom is 0.472 e. The van der Waals surface area contributed by atoms with Gasteiger partial charge < -0.3 is 23.6 Å². The lowest BCUT2D eigenvalue weighted by Gasteiger charge is -2.24. The van der Waals surface area contributed by atoms with Crippen molar-refractivity contribution in [1.29, 1.82) is 0 Å². The Hall–Kier alpha value is -2.07. The fraction of sp³-hybridized carbons (Fsp3) is 0.773. The van der Waals surface area contributed by atoms with Gasteiger partial charge in [0.2, 0.25) is 0 Å². The SMILES string of the molecule is CC/C=C\C/C=C\C/C=C\CCCCCCCC(=O)OC[C@H](COP(=O)(O)OCC[N+](C)(C)C)OC(=O)CCCCCCC/C=C\CC1OC1CCCCC. The van der Waals surface area contributed by atoms with Crippen LogP contribution in [0.3, 0.4) is 0 Å². The van der Waals surface area contributed by atoms with E-state index in [4.69, 9.17) is 23.3 Å². The van der Waals surface area contributed by atoms with Crippen LogP contribution in [0.2, 0.25) is 0 Å². The summed E-state index contributed by atoms with van der Waals surface area (Å²) in [5, 5.41) is 0. The van der Waals surface area contributed by atoms with Gasteiger partial charge in [-0.15, -0.1) is 0 Å². The first-order chi connectivity index (χ1) is 26.5. The van der Waals surface area contributed by atoms with Gasteiger partial charge in [-0.05, 0) is 70.6 Å². The van der Waals surface area contributed by atoms with Crippen molar-refractivity contribution in [3.8, 4) is 0 Å². The molecule has 1 aliphatic rings. The maximum absolute atomic E-state index is 12.7. The number of hydrogen-bond donors (Lipinski definition) is 1. The molecular weight excluding hydrogens is 717 g/mol. The summed E-state index contributed by atoms with van der Waals surface area (Å²) >= 11 is 0. The number of quaternary nitrogens is 1. The van der Waals surface area contributed by atoms with Gasteiger partial charge in [0.25, 0.3) is 0 Å². The van der Waals surface area contributed by atoms with Crippen molar-refractivity contribution in [1.82, 2.24) is 0 Å². The first-order valence-corrected chi connectivity index (χ1v) is 23.0. The minimum absolute atomic E-state index is 0.0216. The number of epoxide rings is 1. The molecule has 4 atom stereocenters. The standard InChI is InChI=1S/C44H78NO9P/c1-6-8-10-11-12-13-14-15-16-17-18-19-23-26-30-34-43(46)50-38-40(39-52-55(48,49)51-37-36-45(3,4)5)53-44(47)35-31-27-24-21-20-22-25-29-33-42-41(54-42)32-28-9-7-2/h8,10,12-13,15-16,25,29,40-42H,6-7,9,11,14,17-24,26-28,30-39H2,1-5H3/p+1/b10-8-,13-12-,16-15-,29-25-/t40-,41?,42?/m1/s1. The number of ether oxygens (including phenoxy) is 3. The van der Waals surface area contributed by atoms with Crippen LogP contribution in [-0.4, -0.2) is 87.1 Å². The lowest BCUT2D eigenvalue weighted by atomic mass is 10.1. The molecule has 0 radical (unpaired) electrons. The van der Waals surface area contributed by atoms with Crippen molar-refractivity contribution in [2.75, 3.05) is 47.5 Å². The van der Waals surface area contributed by atoms with Crippen LogP contribution < -0.4 is 0 Å². The number of carbonyl (C=O) groups is 2. The molecule has 55 heavy (non-hydrogen) atoms. The molecule has 10 nitrogen and oxygen atoms in total. The number of likely N-dealkylation sites (N-methyl/N-ethyl adjacent to an activating group) is 1. The van der Waals surface area contributed by atoms with Crippen molar-refractivity contribution in [3.63, 3.8) is 0 Å². The van der Waals surface area contributed by atoms with Crippen molar-refractivity contribution in [2.45, 2.75) is 173 Å². The summed E-state index contributed by atoms with van der Waals surface area (Å²) in [5.74, 6) is -0.844. The average Bonchev–Trinajstić information content (AvgIpc) is 3.89. The number of unbranched alkanes of at least 4 members (excludes halogenated alkanes) is 12. The van der Waals surface area contributed by atoms with E-state index in [0.717, 1.165) is 89.9 Å². The minimum atomic E-state index is -4.39. The number of esters is 2. The van der Waals surface area contributed by atoms with Crippen LogP contribution in [0.5, 0.6) is 0 Å². The number of allylic oxidation sites excluding steroid dienone is 7. The molecule has 0 aromatic heterocycles. The van der Waals surface area contributed by atoms with E-state index in [1.54, 1.807) is 0 Å². The minimum Gasteiger partial charge on any atom is -0.462 e. The van der Waals surface area contributed by atoms with Crippen molar-refractivity contribution in [3.05, 3.63) is 48.6 Å². The summed E-state index contributed by atoms with van der Waals surface area (Å²) in [6.45, 7) is 4.22. The van der Waals surface area contributed by atoms with Gasteiger partial charge in [0, 0.05) is 12.8 Å². The molecule has 1 rings (SSSR count). The number of phosphoric ester groups is 1. The average molecular weight is 797 g/mol. The number of hydrogen-bond acceptors (Lipinski definition) is 8. The highest BCUT2D eigenvalue weighted by Gasteiger charge is 2.36. The summed E-state index contributed by atoms with van der Waals surface area (Å²) in [6, 6.07) is 0. The van der Waals surface area contributed by atoms with Gasteiger partial charge in [0.05, 0.1) is 40.0 Å². The topological polar surface area (TPSA) is 121 Å². The molecule has 3 unspecified atom stereocenters. The van der Waals surface area contributed by atoms with E-state index in [1.165, 1.54) is 25.7 Å². The molecule has 0 aromatic rings. The van der Waals surface area contributed by atoms with Gasteiger partial charge >= 0.3 is 19.8 Å². The highest BCUT2D eigenvalue weighted by atomic mass is 31.2. The molecular formula is C44H79NO9P+. The first-order valence-electron chi connectivity index (χ1n) is 21.5. The summed E-state index contributed by atoms with van der Waals surface area (Å²) in [6.07, 6.45) is 39.0. The second-order valence-electron chi connectivity index (χ2n) is 15.7. The molecule has 318 valence electrons. The molecule has 1 heterocycles. The van der Waals surface area contributed by atoms with E-state index in [2.05, 4.69) is 62.5 Å². The van der Waals surface area contributed by atoms with Crippen LogP contribution in [0.15, 0.2) is 48.6 Å². The predicted octanol–water partition coefficient (Wildman–Crippen LogP) is 10.9. The predicted molar refractivity (Wildman–Crippen MR) is 224 cm³/mol. The molecule has 0 amide bonds. The summed E-state index contributed by atoms with van der Waals surface area (Å²) < 4.78 is 40.0. The Labute approximate surface area is 335 Å². The van der Waals surface area contributed by atoms with E-state index in [-0.39, 0.29) is 26.1 Å². The number of rotatable bonds is 37. The van der Waals surface area contributed by atoms with E-state index < -0.39 is 32.5 Å². The Bertz CT molecular complexity index is 1150. The highest BCUT2D eigenvalue weighted by molar-refractivity contribution is 7.47. The van der Waals surface area contributed by atoms with Crippen LogP contribution in [0, 0.1) is 0 Å². The van der Waals surface area contributed by atoms with E-state index >= 15 is 0 Å². The lowest BCUT2D eigenvalue weighted by molar-refractivity contribution is -0.870. The normalized spacial score (nSPS) is 17.8. The zero-order valence-electron chi connectivity index (χ0n) is 35.3. The van der Waals surface area contributed by atoms with Gasteiger partial charge in [-0.3, -0.25) is 18.6 Å². The fourth-order valence-corrected chi connectivity index (χ4v) is 6.54. The summed E-state index contributed by atoms with van der Waals surface area (Å²) in [5.41, 5.74) is 0. The van der Waals surface area contributed by atoms with Gasteiger partial charge in [-0.25, -0.2) is 4.57 Å². The van der Waals surface area contributed by atoms with Crippen LogP contribution in [-0.2, 0) is 37.4 Å². The van der Waals surface area contributed by atoms with Gasteiger partial charge in [0.1, 0.15) is 19.8 Å². The monoisotopic (exact) mass is 797 g/mol. The Kier molecular flexibility index (Phi) is 30.5. The number of phosphoric acid groups is 1. The van der Waals surface area contributed by atoms with Crippen LogP contribution in [0.25, 0.3) is 0 Å². The highest BCUT2D eigenvalue weighted by Crippen LogP contribution is 2.43. The van der Waals surface area contributed by atoms with Crippen LogP contribution >= 0.6 is 7.82 Å². The zero-order chi connectivity index (χ0) is 40.5. The molecule has 0 bridgehead atoms. The second-order valence-corrected chi connectivity index (χ2v) is 17.2. The zero-order valence-corrected chi connectivity index (χ0v) is 36.2. The molecule has 0 aliphatic carbocycles. The molecule has 1 saturated heterocycles. The number of nitrogens with zero attached hydrogens (tertiary/aromatic N) is 1. The Morgan fingerprint density at radius 2 is 1.27 bits per heavy atom. The molecule has 1 N–H and O–H groups in total. The molecule has 11 heteroatoms. The largest absolute Gasteiger partial charge is 0.472 e. The lowest BCUT2D eigenvalue weighted by Crippen LogP contribution is -2.37. The van der Waals surface area contributed by atoms with E-state index in [1.807, 2.05) is 21.1 Å². The molecule has 0 spiro atoms. The van der Waals surface area contributed by atoms with Crippen molar-refractivity contribution >= 4 is 19.8 Å².